The Balaban J connectivity index is 1.71. The molecule has 8 nitrogen and oxygen atoms in total. The summed E-state index contributed by atoms with van der Waals surface area (Å²) in [6.45, 7) is 0.451. The molecule has 0 saturated heterocycles. The normalized spacial score (nSPS) is 11.9. The summed E-state index contributed by atoms with van der Waals surface area (Å²) in [5.41, 5.74) is -1.89. The SMILES string of the molecule is CC(OC(=O)Cn1[nH]c(=O)c2ccccc2c1=O)C(=O)Nc1ccc(F)c(F)c1F. The molecule has 2 aromatic carbocycles. The molecule has 0 radical (unpaired) electrons. The molecule has 11 heteroatoms. The van der Waals surface area contributed by atoms with Crippen LogP contribution in [0.2, 0.25) is 0 Å². The standard InChI is InChI=1S/C19H14F3N3O5/c1-9(17(27)23-13-7-6-12(20)15(21)16(13)22)30-14(26)8-25-19(29)11-5-3-2-4-10(11)18(28)24-25/h2-7,9H,8H2,1H3,(H,23,27)(H,24,28). The van der Waals surface area contributed by atoms with Gasteiger partial charge in [-0.15, -0.1) is 0 Å². The molecular weight excluding hydrogens is 407 g/mol. The molecule has 0 fully saturated rings. The minimum atomic E-state index is -1.77. The molecule has 0 aliphatic rings. The topological polar surface area (TPSA) is 110 Å². The van der Waals surface area contributed by atoms with Gasteiger partial charge in [-0.1, -0.05) is 12.1 Å². The number of ether oxygens (including phenoxy) is 1. The van der Waals surface area contributed by atoms with E-state index in [2.05, 4.69) is 5.10 Å². The van der Waals surface area contributed by atoms with Crippen LogP contribution in [-0.2, 0) is 20.9 Å². The van der Waals surface area contributed by atoms with E-state index < -0.39 is 58.8 Å². The highest BCUT2D eigenvalue weighted by atomic mass is 19.2. The molecule has 3 aromatic rings. The van der Waals surface area contributed by atoms with Crippen molar-refractivity contribution in [1.82, 2.24) is 9.78 Å². The van der Waals surface area contributed by atoms with Crippen molar-refractivity contribution in [2.75, 3.05) is 5.32 Å². The summed E-state index contributed by atoms with van der Waals surface area (Å²) in [5, 5.41) is 4.44. The number of carbonyl (C=O) groups is 2. The molecule has 1 amide bonds. The molecule has 2 N–H and O–H groups in total. The Bertz CT molecular complexity index is 1270. The van der Waals surface area contributed by atoms with Crippen LogP contribution >= 0.6 is 0 Å². The van der Waals surface area contributed by atoms with E-state index in [0.717, 1.165) is 17.7 Å². The fraction of sp³-hybridized carbons (Fsp3) is 0.158. The summed E-state index contributed by atoms with van der Waals surface area (Å²) < 4.78 is 45.4. The molecule has 0 saturated carbocycles. The van der Waals surface area contributed by atoms with Crippen molar-refractivity contribution in [2.45, 2.75) is 19.6 Å². The first-order valence-electron chi connectivity index (χ1n) is 8.54. The highest BCUT2D eigenvalue weighted by molar-refractivity contribution is 5.95. The number of esters is 1. The van der Waals surface area contributed by atoms with Gasteiger partial charge in [0.05, 0.1) is 16.5 Å². The molecule has 1 heterocycles. The number of fused-ring (bicyclic) bond motifs is 1. The molecule has 0 spiro atoms. The fourth-order valence-corrected chi connectivity index (χ4v) is 2.63. The minimum absolute atomic E-state index is 0.0913. The summed E-state index contributed by atoms with van der Waals surface area (Å²) in [6.07, 6.45) is -1.46. The van der Waals surface area contributed by atoms with E-state index in [1.54, 1.807) is 12.1 Å². The average molecular weight is 421 g/mol. The van der Waals surface area contributed by atoms with E-state index in [1.165, 1.54) is 12.1 Å². The van der Waals surface area contributed by atoms with E-state index in [4.69, 9.17) is 4.74 Å². The fourth-order valence-electron chi connectivity index (χ4n) is 2.63. The zero-order valence-electron chi connectivity index (χ0n) is 15.4. The van der Waals surface area contributed by atoms with E-state index >= 15 is 0 Å². The Hall–Kier alpha value is -3.89. The van der Waals surface area contributed by atoms with Crippen molar-refractivity contribution in [3.63, 3.8) is 0 Å². The van der Waals surface area contributed by atoms with Crippen LogP contribution in [0.4, 0.5) is 18.9 Å². The molecule has 0 aliphatic carbocycles. The van der Waals surface area contributed by atoms with E-state index in [1.807, 2.05) is 5.32 Å². The first-order chi connectivity index (χ1) is 14.2. The number of aromatic nitrogens is 2. The maximum atomic E-state index is 13.6. The van der Waals surface area contributed by atoms with Crippen molar-refractivity contribution in [1.29, 1.82) is 0 Å². The highest BCUT2D eigenvalue weighted by Crippen LogP contribution is 2.19. The van der Waals surface area contributed by atoms with Crippen LogP contribution in [0, 0.1) is 17.5 Å². The minimum Gasteiger partial charge on any atom is -0.451 e. The molecule has 0 aliphatic heterocycles. The lowest BCUT2D eigenvalue weighted by Gasteiger charge is -2.14. The van der Waals surface area contributed by atoms with E-state index in [-0.39, 0.29) is 10.8 Å². The van der Waals surface area contributed by atoms with E-state index in [9.17, 15) is 32.3 Å². The van der Waals surface area contributed by atoms with Crippen LogP contribution in [-0.4, -0.2) is 27.8 Å². The summed E-state index contributed by atoms with van der Waals surface area (Å²) in [6, 6.07) is 7.41. The molecular formula is C19H14F3N3O5. The smallest absolute Gasteiger partial charge is 0.328 e. The zero-order valence-corrected chi connectivity index (χ0v) is 15.4. The third-order valence-corrected chi connectivity index (χ3v) is 4.14. The highest BCUT2D eigenvalue weighted by Gasteiger charge is 2.22. The van der Waals surface area contributed by atoms with Gasteiger partial charge in [0.1, 0.15) is 6.54 Å². The van der Waals surface area contributed by atoms with Crippen molar-refractivity contribution >= 4 is 28.3 Å². The van der Waals surface area contributed by atoms with Gasteiger partial charge in [0.2, 0.25) is 0 Å². The van der Waals surface area contributed by atoms with Crippen LogP contribution in [0.5, 0.6) is 0 Å². The number of aromatic amines is 1. The number of amides is 1. The van der Waals surface area contributed by atoms with Gasteiger partial charge in [-0.2, -0.15) is 0 Å². The van der Waals surface area contributed by atoms with Crippen LogP contribution < -0.4 is 16.4 Å². The second kappa shape index (κ2) is 8.23. The quantitative estimate of drug-likeness (QED) is 0.481. The molecule has 0 bridgehead atoms. The lowest BCUT2D eigenvalue weighted by Crippen LogP contribution is -2.36. The third-order valence-electron chi connectivity index (χ3n) is 4.14. The predicted molar refractivity (Wildman–Crippen MR) is 99.3 cm³/mol. The number of hydrogen-bond acceptors (Lipinski definition) is 5. The van der Waals surface area contributed by atoms with Crippen molar-refractivity contribution in [3.8, 4) is 0 Å². The number of H-pyrrole nitrogens is 1. The monoisotopic (exact) mass is 421 g/mol. The van der Waals surface area contributed by atoms with Gasteiger partial charge in [0, 0.05) is 0 Å². The Kier molecular flexibility index (Phi) is 5.72. The zero-order chi connectivity index (χ0) is 22.0. The van der Waals surface area contributed by atoms with E-state index in [0.29, 0.717) is 6.07 Å². The van der Waals surface area contributed by atoms with Gasteiger partial charge < -0.3 is 10.1 Å². The van der Waals surface area contributed by atoms with Crippen molar-refractivity contribution in [3.05, 3.63) is 74.6 Å². The van der Waals surface area contributed by atoms with Crippen LogP contribution in [0.15, 0.2) is 46.0 Å². The lowest BCUT2D eigenvalue weighted by atomic mass is 10.2. The summed E-state index contributed by atoms with van der Waals surface area (Å²) >= 11 is 0. The summed E-state index contributed by atoms with van der Waals surface area (Å²) in [5.74, 6) is -6.87. The maximum Gasteiger partial charge on any atom is 0.328 e. The molecule has 1 aromatic heterocycles. The number of anilines is 1. The Morgan fingerprint density at radius 2 is 1.73 bits per heavy atom. The van der Waals surface area contributed by atoms with Gasteiger partial charge in [0.15, 0.2) is 23.6 Å². The summed E-state index contributed by atoms with van der Waals surface area (Å²) in [4.78, 5) is 48.5. The van der Waals surface area contributed by atoms with Gasteiger partial charge in [-0.3, -0.25) is 24.3 Å². The number of hydrogen-bond donors (Lipinski definition) is 2. The maximum absolute atomic E-state index is 13.6. The lowest BCUT2D eigenvalue weighted by molar-refractivity contribution is -0.154. The number of halogens is 3. The van der Waals surface area contributed by atoms with Crippen LogP contribution in [0.3, 0.4) is 0 Å². The van der Waals surface area contributed by atoms with Crippen LogP contribution in [0.1, 0.15) is 6.92 Å². The van der Waals surface area contributed by atoms with Crippen molar-refractivity contribution in [2.24, 2.45) is 0 Å². The Labute approximate surface area is 165 Å². The second-order valence-electron chi connectivity index (χ2n) is 6.22. The van der Waals surface area contributed by atoms with Gasteiger partial charge in [-0.05, 0) is 31.2 Å². The van der Waals surface area contributed by atoms with Crippen LogP contribution in [0.25, 0.3) is 10.8 Å². The number of rotatable bonds is 5. The average Bonchev–Trinajstić information content (AvgIpc) is 2.72. The van der Waals surface area contributed by atoms with Gasteiger partial charge in [-0.25, -0.2) is 17.9 Å². The van der Waals surface area contributed by atoms with Crippen molar-refractivity contribution < 1.29 is 27.5 Å². The Morgan fingerprint density at radius 1 is 1.07 bits per heavy atom. The predicted octanol–water partition coefficient (Wildman–Crippen LogP) is 1.68. The molecule has 3 rings (SSSR count). The molecule has 1 unspecified atom stereocenters. The molecule has 1 atom stereocenters. The molecule has 156 valence electrons. The largest absolute Gasteiger partial charge is 0.451 e. The van der Waals surface area contributed by atoms with Gasteiger partial charge in [0.25, 0.3) is 17.0 Å². The first-order valence-corrected chi connectivity index (χ1v) is 8.54. The Morgan fingerprint density at radius 3 is 2.43 bits per heavy atom. The number of nitrogens with one attached hydrogen (secondary N) is 2. The first kappa shape index (κ1) is 20.8. The van der Waals surface area contributed by atoms with Gasteiger partial charge >= 0.3 is 5.97 Å². The second-order valence-corrected chi connectivity index (χ2v) is 6.22. The number of nitrogens with zero attached hydrogens (tertiary/aromatic N) is 1. The number of carbonyl (C=O) groups excluding carboxylic acids is 2. The molecule has 30 heavy (non-hydrogen) atoms. The number of benzene rings is 2. The third kappa shape index (κ3) is 4.09. The summed E-state index contributed by atoms with van der Waals surface area (Å²) in [7, 11) is 0.